The van der Waals surface area contributed by atoms with Gasteiger partial charge in [-0.2, -0.15) is 15.0 Å². The molecule has 2 heterocycles. The van der Waals surface area contributed by atoms with Crippen molar-refractivity contribution >= 4 is 9.92 Å². The van der Waals surface area contributed by atoms with E-state index in [4.69, 9.17) is 10.0 Å². The number of aromatic hydroxyl groups is 1. The summed E-state index contributed by atoms with van der Waals surface area (Å²) in [6, 6.07) is 12.0. The first-order chi connectivity index (χ1) is 12.8. The van der Waals surface area contributed by atoms with E-state index in [-0.39, 0.29) is 10.8 Å². The van der Waals surface area contributed by atoms with Crippen molar-refractivity contribution in [3.8, 4) is 28.9 Å². The summed E-state index contributed by atoms with van der Waals surface area (Å²) in [6.45, 7) is 1.76. The Kier molecular flexibility index (Phi) is 4.70. The second-order valence-electron chi connectivity index (χ2n) is 6.08. The minimum absolute atomic E-state index is 0.0864. The molecule has 3 rings (SSSR count). The Labute approximate surface area is 157 Å². The summed E-state index contributed by atoms with van der Waals surface area (Å²) >= 11 is 0. The normalized spacial score (nSPS) is 13.3. The number of benzene rings is 1. The van der Waals surface area contributed by atoms with Crippen molar-refractivity contribution in [1.82, 2.24) is 19.1 Å². The van der Waals surface area contributed by atoms with Gasteiger partial charge in [-0.25, -0.2) is 18.3 Å². The molecule has 0 radical (unpaired) electrons. The van der Waals surface area contributed by atoms with Crippen LogP contribution in [0.15, 0.2) is 47.5 Å². The van der Waals surface area contributed by atoms with Crippen LogP contribution in [0.4, 0.5) is 0 Å². The molecular formula is C18H18N6O2S. The highest BCUT2D eigenvalue weighted by Gasteiger charge is 2.19. The van der Waals surface area contributed by atoms with Crippen molar-refractivity contribution in [2.75, 3.05) is 14.1 Å². The molecule has 0 aliphatic carbocycles. The lowest BCUT2D eigenvalue weighted by molar-refractivity contribution is 0.433. The van der Waals surface area contributed by atoms with Gasteiger partial charge < -0.3 is 5.11 Å². The standard InChI is InChI=1S/C18H18N6O2S/c1-12-17(14-6-4-13(10-19)5-7-14)18(25)24(22-12)16-9-8-15(11-21-16)27(20,26)23(2)3/h4-9,11,20,25H,1-3H3/t27-/m0/s1. The minimum Gasteiger partial charge on any atom is -0.493 e. The van der Waals surface area contributed by atoms with E-state index in [1.54, 1.807) is 51.4 Å². The Hall–Kier alpha value is -3.22. The van der Waals surface area contributed by atoms with E-state index in [1.165, 1.54) is 21.3 Å². The molecule has 0 aliphatic heterocycles. The fourth-order valence-corrected chi connectivity index (χ4v) is 3.47. The predicted octanol–water partition coefficient (Wildman–Crippen LogP) is 2.70. The third-order valence-corrected chi connectivity index (χ3v) is 6.02. The lowest BCUT2D eigenvalue weighted by Crippen LogP contribution is -2.21. The number of nitrogens with one attached hydrogen (secondary N) is 1. The molecular weight excluding hydrogens is 364 g/mol. The maximum atomic E-state index is 12.4. The number of nitrogens with zero attached hydrogens (tertiary/aromatic N) is 5. The highest BCUT2D eigenvalue weighted by atomic mass is 32.2. The summed E-state index contributed by atoms with van der Waals surface area (Å²) in [6.07, 6.45) is 1.35. The Bertz CT molecular complexity index is 1120. The molecule has 1 aromatic carbocycles. The molecule has 0 bridgehead atoms. The average Bonchev–Trinajstić information content (AvgIpc) is 2.96. The van der Waals surface area contributed by atoms with E-state index in [9.17, 15) is 9.32 Å². The Balaban J connectivity index is 2.03. The van der Waals surface area contributed by atoms with Crippen LogP contribution in [0.3, 0.4) is 0 Å². The van der Waals surface area contributed by atoms with Crippen LogP contribution in [0.5, 0.6) is 5.88 Å². The van der Waals surface area contributed by atoms with Crippen LogP contribution in [-0.4, -0.2) is 42.5 Å². The molecule has 9 heteroatoms. The molecule has 0 amide bonds. The summed E-state index contributed by atoms with van der Waals surface area (Å²) in [7, 11) is 0.0443. The summed E-state index contributed by atoms with van der Waals surface area (Å²) in [5, 5.41) is 23.9. The van der Waals surface area contributed by atoms with E-state index in [2.05, 4.69) is 16.2 Å². The van der Waals surface area contributed by atoms with Gasteiger partial charge in [0.05, 0.1) is 27.8 Å². The van der Waals surface area contributed by atoms with Crippen molar-refractivity contribution in [2.45, 2.75) is 11.8 Å². The Morgan fingerprint density at radius 1 is 1.22 bits per heavy atom. The highest BCUT2D eigenvalue weighted by molar-refractivity contribution is 7.90. The summed E-state index contributed by atoms with van der Waals surface area (Å²) in [4.78, 5) is 4.48. The first-order valence-electron chi connectivity index (χ1n) is 7.97. The van der Waals surface area contributed by atoms with E-state index in [0.29, 0.717) is 22.6 Å². The lowest BCUT2D eigenvalue weighted by Gasteiger charge is -2.14. The predicted molar refractivity (Wildman–Crippen MR) is 101 cm³/mol. The molecule has 27 heavy (non-hydrogen) atoms. The van der Waals surface area contributed by atoms with Gasteiger partial charge in [-0.05, 0) is 36.8 Å². The van der Waals surface area contributed by atoms with Crippen molar-refractivity contribution < 1.29 is 9.32 Å². The molecule has 3 aromatic rings. The maximum Gasteiger partial charge on any atom is 0.223 e. The molecule has 1 atom stereocenters. The third kappa shape index (κ3) is 3.28. The first-order valence-corrected chi connectivity index (χ1v) is 9.49. The summed E-state index contributed by atoms with van der Waals surface area (Å²) < 4.78 is 22.9. The Morgan fingerprint density at radius 3 is 2.41 bits per heavy atom. The molecule has 2 aromatic heterocycles. The second-order valence-corrected chi connectivity index (χ2v) is 8.33. The second kappa shape index (κ2) is 6.83. The van der Waals surface area contributed by atoms with Gasteiger partial charge in [-0.3, -0.25) is 0 Å². The topological polar surface area (TPSA) is 119 Å². The molecule has 0 saturated heterocycles. The number of aromatic nitrogens is 3. The van der Waals surface area contributed by atoms with Crippen molar-refractivity contribution in [3.63, 3.8) is 0 Å². The number of nitriles is 1. The van der Waals surface area contributed by atoms with Gasteiger partial charge in [0, 0.05) is 20.3 Å². The molecule has 0 fully saturated rings. The van der Waals surface area contributed by atoms with Crippen LogP contribution in [0.2, 0.25) is 0 Å². The van der Waals surface area contributed by atoms with Crippen LogP contribution in [0.25, 0.3) is 16.9 Å². The zero-order chi connectivity index (χ0) is 19.8. The molecule has 0 spiro atoms. The average molecular weight is 382 g/mol. The van der Waals surface area contributed by atoms with Crippen LogP contribution in [0.1, 0.15) is 11.3 Å². The van der Waals surface area contributed by atoms with Crippen molar-refractivity contribution in [1.29, 1.82) is 10.0 Å². The van der Waals surface area contributed by atoms with Crippen molar-refractivity contribution in [3.05, 3.63) is 53.9 Å². The van der Waals surface area contributed by atoms with Gasteiger partial charge >= 0.3 is 0 Å². The number of pyridine rings is 1. The number of hydrogen-bond acceptors (Lipinski definition) is 6. The first kappa shape index (κ1) is 18.6. The van der Waals surface area contributed by atoms with E-state index in [1.807, 2.05) is 0 Å². The van der Waals surface area contributed by atoms with Gasteiger partial charge in [0.15, 0.2) is 5.82 Å². The summed E-state index contributed by atoms with van der Waals surface area (Å²) in [5.41, 5.74) is 2.40. The van der Waals surface area contributed by atoms with Gasteiger partial charge in [0.2, 0.25) is 5.88 Å². The maximum absolute atomic E-state index is 12.4. The fourth-order valence-electron chi connectivity index (χ4n) is 2.60. The zero-order valence-corrected chi connectivity index (χ0v) is 15.9. The van der Waals surface area contributed by atoms with Crippen molar-refractivity contribution in [2.24, 2.45) is 0 Å². The number of rotatable bonds is 4. The quantitative estimate of drug-likeness (QED) is 0.719. The van der Waals surface area contributed by atoms with Gasteiger partial charge in [-0.1, -0.05) is 12.1 Å². The SMILES string of the molecule is Cc1nn(-c2ccc([S@@](=N)(=O)N(C)C)cn2)c(O)c1-c1ccc(C#N)cc1. The molecule has 0 unspecified atom stereocenters. The number of hydrogen-bond donors (Lipinski definition) is 2. The van der Waals surface area contributed by atoms with Crippen LogP contribution in [-0.2, 0) is 9.92 Å². The lowest BCUT2D eigenvalue weighted by atomic mass is 10.0. The van der Waals surface area contributed by atoms with Crippen LogP contribution < -0.4 is 0 Å². The summed E-state index contributed by atoms with van der Waals surface area (Å²) in [5.74, 6) is 0.255. The molecule has 0 aliphatic rings. The van der Waals surface area contributed by atoms with E-state index >= 15 is 0 Å². The highest BCUT2D eigenvalue weighted by Crippen LogP contribution is 2.34. The van der Waals surface area contributed by atoms with Gasteiger partial charge in [-0.15, -0.1) is 0 Å². The molecule has 8 nitrogen and oxygen atoms in total. The number of aryl methyl sites for hydroxylation is 1. The smallest absolute Gasteiger partial charge is 0.223 e. The molecule has 0 saturated carbocycles. The van der Waals surface area contributed by atoms with Crippen LogP contribution >= 0.6 is 0 Å². The van der Waals surface area contributed by atoms with E-state index < -0.39 is 9.92 Å². The Morgan fingerprint density at radius 2 is 1.89 bits per heavy atom. The monoisotopic (exact) mass is 382 g/mol. The zero-order valence-electron chi connectivity index (χ0n) is 15.0. The largest absolute Gasteiger partial charge is 0.493 e. The molecule has 2 N–H and O–H groups in total. The van der Waals surface area contributed by atoms with Gasteiger partial charge in [0.1, 0.15) is 9.92 Å². The third-order valence-electron chi connectivity index (χ3n) is 4.11. The fraction of sp³-hybridized carbons (Fsp3) is 0.167. The molecule has 138 valence electrons. The minimum atomic E-state index is -3.09. The van der Waals surface area contributed by atoms with E-state index in [0.717, 1.165) is 5.56 Å². The van der Waals surface area contributed by atoms with Gasteiger partial charge in [0.25, 0.3) is 0 Å². The van der Waals surface area contributed by atoms with Crippen LogP contribution in [0, 0.1) is 23.0 Å².